The maximum atomic E-state index is 10.4. The van der Waals surface area contributed by atoms with E-state index in [0.717, 1.165) is 22.3 Å². The molecule has 196 valence electrons. The number of ether oxygens (including phenoxy) is 5. The van der Waals surface area contributed by atoms with Gasteiger partial charge >= 0.3 is 0 Å². The van der Waals surface area contributed by atoms with Crippen LogP contribution >= 0.6 is 0 Å². The first-order valence-electron chi connectivity index (χ1n) is 12.2. The summed E-state index contributed by atoms with van der Waals surface area (Å²) >= 11 is 0. The van der Waals surface area contributed by atoms with Crippen LogP contribution in [0.25, 0.3) is 24.3 Å². The number of phenols is 1. The van der Waals surface area contributed by atoms with Crippen molar-refractivity contribution in [3.05, 3.63) is 70.8 Å². The number of aromatic hydroxyl groups is 1. The number of hydrogen-bond donors (Lipinski definition) is 1. The maximum Gasteiger partial charge on any atom is 0.203 e. The van der Waals surface area contributed by atoms with Crippen molar-refractivity contribution >= 4 is 24.3 Å². The van der Waals surface area contributed by atoms with E-state index < -0.39 is 0 Å². The van der Waals surface area contributed by atoms with E-state index in [1.807, 2.05) is 94.5 Å². The number of hydrogen-bond acceptors (Lipinski definition) is 6. The molecule has 0 radical (unpaired) electrons. The Kier molecular flexibility index (Phi) is 9.50. The Morgan fingerprint density at radius 3 is 1.30 bits per heavy atom. The van der Waals surface area contributed by atoms with Crippen LogP contribution in [-0.2, 0) is 0 Å². The topological polar surface area (TPSA) is 66.4 Å². The molecule has 1 N–H and O–H groups in total. The molecule has 0 saturated carbocycles. The molecule has 3 rings (SSSR count). The van der Waals surface area contributed by atoms with Gasteiger partial charge in [-0.15, -0.1) is 0 Å². The molecule has 0 aliphatic carbocycles. The monoisotopic (exact) mass is 504 g/mol. The quantitative estimate of drug-likeness (QED) is 0.276. The largest absolute Gasteiger partial charge is 0.504 e. The van der Waals surface area contributed by atoms with Crippen molar-refractivity contribution < 1.29 is 28.8 Å². The molecule has 0 bridgehead atoms. The van der Waals surface area contributed by atoms with Crippen LogP contribution in [0.3, 0.4) is 0 Å². The number of methoxy groups -OCH3 is 3. The number of rotatable bonds is 11. The third-order valence-corrected chi connectivity index (χ3v) is 5.34. The third-order valence-electron chi connectivity index (χ3n) is 5.34. The Labute approximate surface area is 219 Å². The van der Waals surface area contributed by atoms with Gasteiger partial charge in [-0.3, -0.25) is 0 Å². The number of phenolic OH excluding ortho intramolecular Hbond substituents is 1. The highest BCUT2D eigenvalue weighted by molar-refractivity contribution is 5.75. The Hall–Kier alpha value is -4.06. The molecule has 0 saturated heterocycles. The highest BCUT2D eigenvalue weighted by atomic mass is 16.5. The summed E-state index contributed by atoms with van der Waals surface area (Å²) in [6, 6.07) is 15.5. The predicted molar refractivity (Wildman–Crippen MR) is 150 cm³/mol. The van der Waals surface area contributed by atoms with Gasteiger partial charge in [-0.05, 0) is 74.2 Å². The molecule has 0 atom stereocenters. The van der Waals surface area contributed by atoms with Crippen LogP contribution in [0.15, 0.2) is 48.5 Å². The van der Waals surface area contributed by atoms with Gasteiger partial charge in [0.25, 0.3) is 0 Å². The van der Waals surface area contributed by atoms with Crippen LogP contribution in [0.4, 0.5) is 0 Å². The zero-order valence-corrected chi connectivity index (χ0v) is 22.6. The SMILES string of the molecule is COc1cc(/C=C/c2ccc(/C=C/c3cc(OC)c(OC(C)C)c(OC)c3)cc2)cc(O)c1OC(C)C. The molecule has 0 spiro atoms. The summed E-state index contributed by atoms with van der Waals surface area (Å²) in [5.41, 5.74) is 3.82. The maximum absolute atomic E-state index is 10.4. The minimum Gasteiger partial charge on any atom is -0.504 e. The van der Waals surface area contributed by atoms with Crippen molar-refractivity contribution in [2.24, 2.45) is 0 Å². The van der Waals surface area contributed by atoms with Crippen LogP contribution in [0.2, 0.25) is 0 Å². The molecule has 0 unspecified atom stereocenters. The van der Waals surface area contributed by atoms with Crippen LogP contribution < -0.4 is 23.7 Å². The lowest BCUT2D eigenvalue weighted by Crippen LogP contribution is -2.08. The highest BCUT2D eigenvalue weighted by Crippen LogP contribution is 2.40. The Morgan fingerprint density at radius 1 is 0.541 bits per heavy atom. The molecule has 0 heterocycles. The zero-order valence-electron chi connectivity index (χ0n) is 22.6. The molecule has 0 aliphatic heterocycles. The van der Waals surface area contributed by atoms with Gasteiger partial charge in [0.15, 0.2) is 23.0 Å². The van der Waals surface area contributed by atoms with Crippen LogP contribution in [-0.4, -0.2) is 38.6 Å². The second-order valence-corrected chi connectivity index (χ2v) is 8.99. The van der Waals surface area contributed by atoms with E-state index in [1.165, 1.54) is 0 Å². The number of benzene rings is 3. The molecule has 0 aliphatic rings. The van der Waals surface area contributed by atoms with E-state index in [4.69, 9.17) is 23.7 Å². The van der Waals surface area contributed by atoms with Crippen molar-refractivity contribution in [2.45, 2.75) is 39.9 Å². The molecule has 3 aromatic rings. The van der Waals surface area contributed by atoms with E-state index in [9.17, 15) is 5.11 Å². The van der Waals surface area contributed by atoms with Gasteiger partial charge in [0.1, 0.15) is 0 Å². The lowest BCUT2D eigenvalue weighted by molar-refractivity contribution is 0.218. The second-order valence-electron chi connectivity index (χ2n) is 8.99. The van der Waals surface area contributed by atoms with Gasteiger partial charge in [0.05, 0.1) is 33.5 Å². The predicted octanol–water partition coefficient (Wildman–Crippen LogP) is 7.33. The molecule has 6 heteroatoms. The molecule has 37 heavy (non-hydrogen) atoms. The van der Waals surface area contributed by atoms with Crippen LogP contribution in [0, 0.1) is 0 Å². The van der Waals surface area contributed by atoms with Crippen LogP contribution in [0.1, 0.15) is 49.9 Å². The van der Waals surface area contributed by atoms with Gasteiger partial charge in [-0.2, -0.15) is 0 Å². The molecule has 6 nitrogen and oxygen atoms in total. The first kappa shape index (κ1) is 27.5. The fourth-order valence-electron chi connectivity index (χ4n) is 3.66. The van der Waals surface area contributed by atoms with Crippen molar-refractivity contribution in [1.29, 1.82) is 0 Å². The van der Waals surface area contributed by atoms with Gasteiger partial charge < -0.3 is 28.8 Å². The smallest absolute Gasteiger partial charge is 0.203 e. The summed E-state index contributed by atoms with van der Waals surface area (Å²) in [4.78, 5) is 0. The Balaban J connectivity index is 1.76. The normalized spacial score (nSPS) is 11.5. The third kappa shape index (κ3) is 7.46. The minimum absolute atomic E-state index is 0.00253. The summed E-state index contributed by atoms with van der Waals surface area (Å²) in [6.07, 6.45) is 7.87. The highest BCUT2D eigenvalue weighted by Gasteiger charge is 2.15. The van der Waals surface area contributed by atoms with Crippen molar-refractivity contribution in [3.8, 4) is 34.5 Å². The summed E-state index contributed by atoms with van der Waals surface area (Å²) in [6.45, 7) is 7.73. The summed E-state index contributed by atoms with van der Waals surface area (Å²) in [7, 11) is 4.79. The molecule has 0 aromatic heterocycles. The average molecular weight is 505 g/mol. The zero-order chi connectivity index (χ0) is 26.9. The van der Waals surface area contributed by atoms with Gasteiger partial charge in [0, 0.05) is 0 Å². The lowest BCUT2D eigenvalue weighted by atomic mass is 10.1. The van der Waals surface area contributed by atoms with E-state index in [2.05, 4.69) is 0 Å². The average Bonchev–Trinajstić information content (AvgIpc) is 2.87. The van der Waals surface area contributed by atoms with Gasteiger partial charge in [0.2, 0.25) is 11.5 Å². The van der Waals surface area contributed by atoms with E-state index in [0.29, 0.717) is 28.7 Å². The van der Waals surface area contributed by atoms with E-state index >= 15 is 0 Å². The van der Waals surface area contributed by atoms with Crippen molar-refractivity contribution in [2.75, 3.05) is 21.3 Å². The summed E-state index contributed by atoms with van der Waals surface area (Å²) in [5, 5.41) is 10.4. The first-order chi connectivity index (χ1) is 17.7. The van der Waals surface area contributed by atoms with Crippen molar-refractivity contribution in [3.63, 3.8) is 0 Å². The standard InChI is InChI=1S/C31H36O6/c1-20(2)36-30-26(32)16-24(17-27(30)33-5)14-12-22-8-10-23(11-9-22)13-15-25-18-28(34-6)31(37-21(3)4)29(19-25)35-7/h8-21,32H,1-7H3/b14-12+,15-13+. The molecule has 0 amide bonds. The first-order valence-corrected chi connectivity index (χ1v) is 12.2. The fraction of sp³-hybridized carbons (Fsp3) is 0.290. The fourth-order valence-corrected chi connectivity index (χ4v) is 3.66. The Morgan fingerprint density at radius 2 is 0.892 bits per heavy atom. The van der Waals surface area contributed by atoms with Gasteiger partial charge in [-0.1, -0.05) is 48.6 Å². The van der Waals surface area contributed by atoms with Crippen molar-refractivity contribution in [1.82, 2.24) is 0 Å². The second kappa shape index (κ2) is 12.8. The molecule has 3 aromatic carbocycles. The van der Waals surface area contributed by atoms with Crippen LogP contribution in [0.5, 0.6) is 34.5 Å². The molecule has 0 fully saturated rings. The minimum atomic E-state index is -0.0731. The molecular weight excluding hydrogens is 468 g/mol. The lowest BCUT2D eigenvalue weighted by Gasteiger charge is -2.17. The summed E-state index contributed by atoms with van der Waals surface area (Å²) in [5.74, 6) is 2.74. The van der Waals surface area contributed by atoms with E-state index in [1.54, 1.807) is 27.4 Å². The van der Waals surface area contributed by atoms with Gasteiger partial charge in [-0.25, -0.2) is 0 Å². The molecular formula is C31H36O6. The Bertz CT molecular complexity index is 1210. The van der Waals surface area contributed by atoms with E-state index in [-0.39, 0.29) is 18.0 Å². The summed E-state index contributed by atoms with van der Waals surface area (Å²) < 4.78 is 28.0.